The summed E-state index contributed by atoms with van der Waals surface area (Å²) in [6, 6.07) is 5.63. The highest BCUT2D eigenvalue weighted by atomic mass is 35.5. The number of carbonyl (C=O) groups is 1. The lowest BCUT2D eigenvalue weighted by Gasteiger charge is -2.17. The third kappa shape index (κ3) is 2.29. The number of rotatable bonds is 2. The Kier molecular flexibility index (Phi) is 3.22. The van der Waals surface area contributed by atoms with E-state index in [0.717, 1.165) is 11.3 Å². The van der Waals surface area contributed by atoms with E-state index in [4.69, 9.17) is 16.1 Å². The topological polar surface area (TPSA) is 59.2 Å². The van der Waals surface area contributed by atoms with Crippen molar-refractivity contribution in [2.24, 2.45) is 0 Å². The van der Waals surface area contributed by atoms with Gasteiger partial charge in [0.05, 0.1) is 5.92 Å². The maximum Gasteiger partial charge on any atom is 0.232 e. The first kappa shape index (κ1) is 13.1. The second-order valence-electron chi connectivity index (χ2n) is 5.02. The first-order chi connectivity index (χ1) is 9.54. The van der Waals surface area contributed by atoms with Gasteiger partial charge < -0.3 is 9.42 Å². The number of aromatic nitrogens is 2. The third-order valence-electron chi connectivity index (χ3n) is 3.48. The summed E-state index contributed by atoms with van der Waals surface area (Å²) in [7, 11) is 0. The fourth-order valence-electron chi connectivity index (χ4n) is 2.35. The molecule has 1 aliphatic rings. The standard InChI is InChI=1S/C14H14ClN3O2/c1-8-3-4-11(6-12(8)15)18-7-10(5-13(18)19)14-16-9(2)17-20-14/h3-4,6,10H,5,7H2,1-2H3/t10-/m0/s1. The lowest BCUT2D eigenvalue weighted by molar-refractivity contribution is -0.117. The van der Waals surface area contributed by atoms with Gasteiger partial charge in [0, 0.05) is 23.7 Å². The molecule has 1 saturated heterocycles. The molecule has 0 saturated carbocycles. The monoisotopic (exact) mass is 291 g/mol. The predicted molar refractivity (Wildman–Crippen MR) is 74.9 cm³/mol. The molecule has 1 aromatic heterocycles. The average molecular weight is 292 g/mol. The Morgan fingerprint density at radius 2 is 2.20 bits per heavy atom. The molecule has 0 spiro atoms. The second-order valence-corrected chi connectivity index (χ2v) is 5.43. The summed E-state index contributed by atoms with van der Waals surface area (Å²) in [4.78, 5) is 18.1. The number of halogens is 1. The fraction of sp³-hybridized carbons (Fsp3) is 0.357. The van der Waals surface area contributed by atoms with Gasteiger partial charge in [0.15, 0.2) is 5.82 Å². The molecule has 0 aliphatic carbocycles. The molecule has 0 unspecified atom stereocenters. The Labute approximate surface area is 121 Å². The molecule has 3 rings (SSSR count). The summed E-state index contributed by atoms with van der Waals surface area (Å²) in [5.41, 5.74) is 1.80. The number of amides is 1. The van der Waals surface area contributed by atoms with Gasteiger partial charge in [0.25, 0.3) is 0 Å². The van der Waals surface area contributed by atoms with Crippen molar-refractivity contribution in [1.82, 2.24) is 10.1 Å². The molecular formula is C14H14ClN3O2. The maximum absolute atomic E-state index is 12.2. The summed E-state index contributed by atoms with van der Waals surface area (Å²) in [6.45, 7) is 4.24. The zero-order chi connectivity index (χ0) is 14.3. The number of hydrogen-bond donors (Lipinski definition) is 0. The van der Waals surface area contributed by atoms with Crippen LogP contribution in [-0.4, -0.2) is 22.6 Å². The van der Waals surface area contributed by atoms with Gasteiger partial charge in [-0.15, -0.1) is 0 Å². The number of nitrogens with zero attached hydrogens (tertiary/aromatic N) is 3. The highest BCUT2D eigenvalue weighted by Gasteiger charge is 2.35. The number of benzene rings is 1. The molecule has 2 heterocycles. The van der Waals surface area contributed by atoms with Crippen LogP contribution in [0.4, 0.5) is 5.69 Å². The van der Waals surface area contributed by atoms with E-state index in [0.29, 0.717) is 29.7 Å². The largest absolute Gasteiger partial charge is 0.339 e. The molecule has 2 aromatic rings. The molecule has 0 radical (unpaired) electrons. The first-order valence-electron chi connectivity index (χ1n) is 6.41. The quantitative estimate of drug-likeness (QED) is 0.853. The van der Waals surface area contributed by atoms with Crippen LogP contribution in [0, 0.1) is 13.8 Å². The Bertz CT molecular complexity index is 668. The number of carbonyl (C=O) groups excluding carboxylic acids is 1. The van der Waals surface area contributed by atoms with Crippen molar-refractivity contribution >= 4 is 23.2 Å². The van der Waals surface area contributed by atoms with Crippen LogP contribution in [0.3, 0.4) is 0 Å². The summed E-state index contributed by atoms with van der Waals surface area (Å²) in [5.74, 6) is 1.11. The number of hydrogen-bond acceptors (Lipinski definition) is 4. The average Bonchev–Trinajstić information content (AvgIpc) is 2.99. The van der Waals surface area contributed by atoms with E-state index in [1.807, 2.05) is 25.1 Å². The van der Waals surface area contributed by atoms with Gasteiger partial charge in [0.1, 0.15) is 0 Å². The van der Waals surface area contributed by atoms with Crippen LogP contribution in [-0.2, 0) is 4.79 Å². The molecule has 0 bridgehead atoms. The Hall–Kier alpha value is -1.88. The molecule has 5 nitrogen and oxygen atoms in total. The SMILES string of the molecule is Cc1noc([C@H]2CC(=O)N(c3ccc(C)c(Cl)c3)C2)n1. The van der Waals surface area contributed by atoms with E-state index >= 15 is 0 Å². The molecule has 1 amide bonds. The van der Waals surface area contributed by atoms with E-state index in [9.17, 15) is 4.79 Å². The van der Waals surface area contributed by atoms with Crippen LogP contribution in [0.15, 0.2) is 22.7 Å². The summed E-state index contributed by atoms with van der Waals surface area (Å²) in [5, 5.41) is 4.43. The zero-order valence-corrected chi connectivity index (χ0v) is 12.0. The van der Waals surface area contributed by atoms with Crippen LogP contribution >= 0.6 is 11.6 Å². The molecule has 0 N–H and O–H groups in total. The molecule has 1 aliphatic heterocycles. The van der Waals surface area contributed by atoms with E-state index in [-0.39, 0.29) is 11.8 Å². The van der Waals surface area contributed by atoms with Crippen molar-refractivity contribution in [1.29, 1.82) is 0 Å². The smallest absolute Gasteiger partial charge is 0.232 e. The highest BCUT2D eigenvalue weighted by Crippen LogP contribution is 2.32. The molecule has 6 heteroatoms. The van der Waals surface area contributed by atoms with E-state index in [1.54, 1.807) is 11.8 Å². The van der Waals surface area contributed by atoms with Crippen molar-refractivity contribution < 1.29 is 9.32 Å². The predicted octanol–water partition coefficient (Wildman–Crippen LogP) is 2.86. The van der Waals surface area contributed by atoms with Crippen molar-refractivity contribution in [2.75, 3.05) is 11.4 Å². The minimum absolute atomic E-state index is 0.0470. The second kappa shape index (κ2) is 4.90. The van der Waals surface area contributed by atoms with Gasteiger partial charge in [0.2, 0.25) is 11.8 Å². The molecule has 104 valence electrons. The van der Waals surface area contributed by atoms with E-state index in [2.05, 4.69) is 10.1 Å². The van der Waals surface area contributed by atoms with Crippen LogP contribution < -0.4 is 4.90 Å². The van der Waals surface area contributed by atoms with Gasteiger partial charge >= 0.3 is 0 Å². The van der Waals surface area contributed by atoms with Gasteiger partial charge in [-0.3, -0.25) is 4.79 Å². The lowest BCUT2D eigenvalue weighted by Crippen LogP contribution is -2.24. The Morgan fingerprint density at radius 3 is 2.85 bits per heavy atom. The molecule has 1 atom stereocenters. The van der Waals surface area contributed by atoms with Gasteiger partial charge in [-0.25, -0.2) is 0 Å². The number of anilines is 1. The molecule has 20 heavy (non-hydrogen) atoms. The van der Waals surface area contributed by atoms with E-state index in [1.165, 1.54) is 0 Å². The van der Waals surface area contributed by atoms with Crippen molar-refractivity contribution in [3.05, 3.63) is 40.5 Å². The Morgan fingerprint density at radius 1 is 1.40 bits per heavy atom. The fourth-order valence-corrected chi connectivity index (χ4v) is 2.53. The van der Waals surface area contributed by atoms with Gasteiger partial charge in [-0.1, -0.05) is 22.8 Å². The Balaban J connectivity index is 1.85. The van der Waals surface area contributed by atoms with Crippen molar-refractivity contribution in [3.63, 3.8) is 0 Å². The van der Waals surface area contributed by atoms with Crippen molar-refractivity contribution in [2.45, 2.75) is 26.2 Å². The van der Waals surface area contributed by atoms with Crippen LogP contribution in [0.2, 0.25) is 5.02 Å². The normalized spacial score (nSPS) is 18.9. The minimum atomic E-state index is -0.0521. The lowest BCUT2D eigenvalue weighted by atomic mass is 10.1. The molecular weight excluding hydrogens is 278 g/mol. The summed E-state index contributed by atoms with van der Waals surface area (Å²) >= 11 is 6.12. The van der Waals surface area contributed by atoms with Gasteiger partial charge in [-0.05, 0) is 31.5 Å². The minimum Gasteiger partial charge on any atom is -0.339 e. The molecule has 1 fully saturated rings. The van der Waals surface area contributed by atoms with Crippen molar-refractivity contribution in [3.8, 4) is 0 Å². The van der Waals surface area contributed by atoms with Crippen LogP contribution in [0.5, 0.6) is 0 Å². The maximum atomic E-state index is 12.2. The van der Waals surface area contributed by atoms with Crippen LogP contribution in [0.25, 0.3) is 0 Å². The highest BCUT2D eigenvalue weighted by molar-refractivity contribution is 6.31. The third-order valence-corrected chi connectivity index (χ3v) is 3.89. The zero-order valence-electron chi connectivity index (χ0n) is 11.3. The van der Waals surface area contributed by atoms with E-state index < -0.39 is 0 Å². The summed E-state index contributed by atoms with van der Waals surface area (Å²) < 4.78 is 5.16. The first-order valence-corrected chi connectivity index (χ1v) is 6.79. The molecule has 1 aromatic carbocycles. The summed E-state index contributed by atoms with van der Waals surface area (Å²) in [6.07, 6.45) is 0.382. The van der Waals surface area contributed by atoms with Gasteiger partial charge in [-0.2, -0.15) is 4.98 Å². The number of aryl methyl sites for hydroxylation is 2. The van der Waals surface area contributed by atoms with Crippen LogP contribution in [0.1, 0.15) is 29.6 Å².